The van der Waals surface area contributed by atoms with Crippen molar-refractivity contribution >= 4 is 27.5 Å². The Hall–Kier alpha value is -0.210. The second-order valence-corrected chi connectivity index (χ2v) is 3.96. The van der Waals surface area contributed by atoms with E-state index < -0.39 is 0 Å². The molecular formula is C10H12BrClO. The first-order valence-electron chi connectivity index (χ1n) is 4.16. The second kappa shape index (κ2) is 5.51. The van der Waals surface area contributed by atoms with E-state index in [1.165, 1.54) is 5.56 Å². The van der Waals surface area contributed by atoms with Gasteiger partial charge < -0.3 is 4.74 Å². The number of rotatable bonds is 4. The predicted octanol–water partition coefficient (Wildman–Crippen LogP) is 3.68. The zero-order valence-electron chi connectivity index (χ0n) is 7.52. The summed E-state index contributed by atoms with van der Waals surface area (Å²) < 4.78 is 5.06. The van der Waals surface area contributed by atoms with Crippen molar-refractivity contribution in [3.63, 3.8) is 0 Å². The largest absolute Gasteiger partial charge is 0.495 e. The number of alkyl halides is 1. The van der Waals surface area contributed by atoms with E-state index >= 15 is 0 Å². The van der Waals surface area contributed by atoms with Crippen LogP contribution in [0.3, 0.4) is 0 Å². The summed E-state index contributed by atoms with van der Waals surface area (Å²) >= 11 is 9.37. The smallest absolute Gasteiger partial charge is 0.137 e. The van der Waals surface area contributed by atoms with Crippen molar-refractivity contribution in [3.8, 4) is 5.75 Å². The van der Waals surface area contributed by atoms with Gasteiger partial charge in [0.05, 0.1) is 12.1 Å². The minimum absolute atomic E-state index is 0.689. The van der Waals surface area contributed by atoms with Gasteiger partial charge >= 0.3 is 0 Å². The standard InChI is InChI=1S/C10H12BrClO/c1-13-10-5-4-8(3-2-6-11)7-9(10)12/h4-5,7H,2-3,6H2,1H3. The Morgan fingerprint density at radius 2 is 2.23 bits per heavy atom. The van der Waals surface area contributed by atoms with Crippen molar-refractivity contribution in [2.75, 3.05) is 12.4 Å². The minimum atomic E-state index is 0.689. The molecule has 1 aromatic carbocycles. The fourth-order valence-electron chi connectivity index (χ4n) is 1.14. The average Bonchev–Trinajstić information content (AvgIpc) is 2.15. The Labute approximate surface area is 92.2 Å². The summed E-state index contributed by atoms with van der Waals surface area (Å²) in [6.45, 7) is 0. The molecule has 0 aliphatic carbocycles. The molecule has 0 spiro atoms. The van der Waals surface area contributed by atoms with Crippen LogP contribution in [-0.2, 0) is 6.42 Å². The lowest BCUT2D eigenvalue weighted by Gasteiger charge is -2.04. The molecule has 1 nitrogen and oxygen atoms in total. The molecule has 0 N–H and O–H groups in total. The number of hydrogen-bond donors (Lipinski definition) is 0. The Morgan fingerprint density at radius 1 is 1.46 bits per heavy atom. The van der Waals surface area contributed by atoms with Crippen molar-refractivity contribution in [3.05, 3.63) is 28.8 Å². The maximum absolute atomic E-state index is 5.97. The minimum Gasteiger partial charge on any atom is -0.495 e. The molecule has 0 radical (unpaired) electrons. The quantitative estimate of drug-likeness (QED) is 0.753. The number of benzene rings is 1. The highest BCUT2D eigenvalue weighted by molar-refractivity contribution is 9.09. The first-order valence-corrected chi connectivity index (χ1v) is 5.66. The second-order valence-electron chi connectivity index (χ2n) is 2.76. The number of aryl methyl sites for hydroxylation is 1. The van der Waals surface area contributed by atoms with E-state index in [1.807, 2.05) is 18.2 Å². The maximum atomic E-state index is 5.97. The van der Waals surface area contributed by atoms with Crippen LogP contribution >= 0.6 is 27.5 Å². The monoisotopic (exact) mass is 262 g/mol. The van der Waals surface area contributed by atoms with Gasteiger partial charge in [0, 0.05) is 5.33 Å². The van der Waals surface area contributed by atoms with Crippen LogP contribution in [0, 0.1) is 0 Å². The molecule has 0 fully saturated rings. The van der Waals surface area contributed by atoms with Crippen molar-refractivity contribution < 1.29 is 4.74 Å². The molecular weight excluding hydrogens is 251 g/mol. The van der Waals surface area contributed by atoms with Crippen LogP contribution in [-0.4, -0.2) is 12.4 Å². The van der Waals surface area contributed by atoms with Gasteiger partial charge in [-0.3, -0.25) is 0 Å². The molecule has 0 heterocycles. The van der Waals surface area contributed by atoms with Gasteiger partial charge in [0.25, 0.3) is 0 Å². The van der Waals surface area contributed by atoms with Crippen LogP contribution in [0.1, 0.15) is 12.0 Å². The molecule has 0 aliphatic rings. The van der Waals surface area contributed by atoms with Crippen LogP contribution in [0.2, 0.25) is 5.02 Å². The fourth-order valence-corrected chi connectivity index (χ4v) is 1.70. The van der Waals surface area contributed by atoms with Gasteiger partial charge in [0.2, 0.25) is 0 Å². The Kier molecular flexibility index (Phi) is 4.60. The summed E-state index contributed by atoms with van der Waals surface area (Å²) in [5.74, 6) is 0.740. The molecule has 0 aliphatic heterocycles. The van der Waals surface area contributed by atoms with Crippen molar-refractivity contribution in [1.82, 2.24) is 0 Å². The summed E-state index contributed by atoms with van der Waals surface area (Å²) in [5, 5.41) is 1.71. The molecule has 0 saturated heterocycles. The third-order valence-corrected chi connectivity index (χ3v) is 2.67. The molecule has 0 amide bonds. The molecule has 0 aromatic heterocycles. The summed E-state index contributed by atoms with van der Waals surface area (Å²) in [6.07, 6.45) is 2.18. The molecule has 72 valence electrons. The topological polar surface area (TPSA) is 9.23 Å². The van der Waals surface area contributed by atoms with Gasteiger partial charge in [0.1, 0.15) is 5.75 Å². The normalized spacial score (nSPS) is 10.1. The van der Waals surface area contributed by atoms with Crippen molar-refractivity contribution in [2.24, 2.45) is 0 Å². The summed E-state index contributed by atoms with van der Waals surface area (Å²) in [5.41, 5.74) is 1.25. The summed E-state index contributed by atoms with van der Waals surface area (Å²) in [7, 11) is 1.62. The molecule has 0 bridgehead atoms. The van der Waals surface area contributed by atoms with E-state index in [2.05, 4.69) is 15.9 Å². The molecule has 0 unspecified atom stereocenters. The molecule has 1 aromatic rings. The average molecular weight is 264 g/mol. The van der Waals surface area contributed by atoms with E-state index in [1.54, 1.807) is 7.11 Å². The van der Waals surface area contributed by atoms with Gasteiger partial charge in [-0.25, -0.2) is 0 Å². The van der Waals surface area contributed by atoms with E-state index in [4.69, 9.17) is 16.3 Å². The molecule has 0 atom stereocenters. The Bertz CT molecular complexity index is 276. The van der Waals surface area contributed by atoms with Gasteiger partial charge in [-0.05, 0) is 30.5 Å². The molecule has 3 heteroatoms. The predicted molar refractivity (Wildman–Crippen MR) is 60.1 cm³/mol. The van der Waals surface area contributed by atoms with Crippen LogP contribution in [0.4, 0.5) is 0 Å². The van der Waals surface area contributed by atoms with Crippen molar-refractivity contribution in [1.29, 1.82) is 0 Å². The lowest BCUT2D eigenvalue weighted by Crippen LogP contribution is -1.88. The molecule has 1 rings (SSSR count). The maximum Gasteiger partial charge on any atom is 0.137 e. The first-order chi connectivity index (χ1) is 6.27. The van der Waals surface area contributed by atoms with Gasteiger partial charge in [0.15, 0.2) is 0 Å². The zero-order chi connectivity index (χ0) is 9.68. The van der Waals surface area contributed by atoms with Crippen LogP contribution in [0.25, 0.3) is 0 Å². The lowest BCUT2D eigenvalue weighted by atomic mass is 10.1. The Balaban J connectivity index is 2.71. The fraction of sp³-hybridized carbons (Fsp3) is 0.400. The number of hydrogen-bond acceptors (Lipinski definition) is 1. The van der Waals surface area contributed by atoms with Gasteiger partial charge in [-0.15, -0.1) is 0 Å². The zero-order valence-corrected chi connectivity index (χ0v) is 9.86. The van der Waals surface area contributed by atoms with E-state index in [-0.39, 0.29) is 0 Å². The van der Waals surface area contributed by atoms with E-state index in [0.29, 0.717) is 5.02 Å². The summed E-state index contributed by atoms with van der Waals surface area (Å²) in [6, 6.07) is 5.92. The number of halogens is 2. The number of ether oxygens (including phenoxy) is 1. The van der Waals surface area contributed by atoms with Gasteiger partial charge in [-0.1, -0.05) is 33.6 Å². The van der Waals surface area contributed by atoms with Crippen molar-refractivity contribution in [2.45, 2.75) is 12.8 Å². The SMILES string of the molecule is COc1ccc(CCCBr)cc1Cl. The molecule has 0 saturated carbocycles. The van der Waals surface area contributed by atoms with Gasteiger partial charge in [-0.2, -0.15) is 0 Å². The third kappa shape index (κ3) is 3.20. The highest BCUT2D eigenvalue weighted by Gasteiger charge is 2.00. The third-order valence-electron chi connectivity index (χ3n) is 1.82. The number of methoxy groups -OCH3 is 1. The first kappa shape index (κ1) is 10.9. The summed E-state index contributed by atoms with van der Waals surface area (Å²) in [4.78, 5) is 0. The lowest BCUT2D eigenvalue weighted by molar-refractivity contribution is 0.415. The van der Waals surface area contributed by atoms with E-state index in [0.717, 1.165) is 23.9 Å². The highest BCUT2D eigenvalue weighted by Crippen LogP contribution is 2.25. The molecule has 13 heavy (non-hydrogen) atoms. The van der Waals surface area contributed by atoms with E-state index in [9.17, 15) is 0 Å². The van der Waals surface area contributed by atoms with Crippen LogP contribution < -0.4 is 4.74 Å². The van der Waals surface area contributed by atoms with Crippen LogP contribution in [0.5, 0.6) is 5.75 Å². The Morgan fingerprint density at radius 3 is 2.77 bits per heavy atom. The van der Waals surface area contributed by atoms with Crippen LogP contribution in [0.15, 0.2) is 18.2 Å². The highest BCUT2D eigenvalue weighted by atomic mass is 79.9.